The number of hydrogen-bond acceptors (Lipinski definition) is 1. The van der Waals surface area contributed by atoms with Crippen LogP contribution in [0.25, 0.3) is 10.9 Å². The van der Waals surface area contributed by atoms with Crippen molar-refractivity contribution in [2.75, 3.05) is 0 Å². The number of aryl methyl sites for hydroxylation is 4. The summed E-state index contributed by atoms with van der Waals surface area (Å²) in [6.45, 7) is 7.63. The van der Waals surface area contributed by atoms with Crippen molar-refractivity contribution in [3.63, 3.8) is 0 Å². The van der Waals surface area contributed by atoms with Crippen molar-refractivity contribution < 1.29 is 0 Å². The molecule has 1 aromatic carbocycles. The van der Waals surface area contributed by atoms with E-state index in [1.54, 1.807) is 0 Å². The molecule has 3 aromatic rings. The van der Waals surface area contributed by atoms with Crippen molar-refractivity contribution in [1.82, 2.24) is 9.55 Å². The predicted octanol–water partition coefficient (Wildman–Crippen LogP) is 4.46. The largest absolute Gasteiger partial charge is 0.343 e. The Balaban J connectivity index is 2.01. The van der Waals surface area contributed by atoms with Crippen molar-refractivity contribution in [2.45, 2.75) is 40.2 Å². The lowest BCUT2D eigenvalue weighted by atomic mass is 10.1. The molecular weight excluding hydrogens is 256 g/mol. The van der Waals surface area contributed by atoms with Crippen LogP contribution >= 0.6 is 0 Å². The first-order valence-corrected chi connectivity index (χ1v) is 7.69. The third-order valence-corrected chi connectivity index (χ3v) is 4.43. The summed E-state index contributed by atoms with van der Waals surface area (Å²) in [5.41, 5.74) is 6.66. The SMILES string of the molecule is CCn1c(C)c(C)c2ccnc(CCc3ccccc3)c21. The Morgan fingerprint density at radius 3 is 2.48 bits per heavy atom. The first-order chi connectivity index (χ1) is 10.2. The van der Waals surface area contributed by atoms with E-state index in [0.29, 0.717) is 0 Å². The van der Waals surface area contributed by atoms with Gasteiger partial charge in [-0.1, -0.05) is 30.3 Å². The maximum atomic E-state index is 4.66. The van der Waals surface area contributed by atoms with Crippen LogP contribution in [0.15, 0.2) is 42.6 Å². The molecular formula is C19H22N2. The van der Waals surface area contributed by atoms with Crippen molar-refractivity contribution in [3.05, 3.63) is 65.1 Å². The molecule has 108 valence electrons. The molecule has 0 bridgehead atoms. The number of rotatable bonds is 4. The van der Waals surface area contributed by atoms with Crippen LogP contribution in [0.4, 0.5) is 0 Å². The zero-order chi connectivity index (χ0) is 14.8. The summed E-state index contributed by atoms with van der Waals surface area (Å²) in [6, 6.07) is 12.8. The molecule has 0 aliphatic rings. The number of pyridine rings is 1. The van der Waals surface area contributed by atoms with Crippen molar-refractivity contribution in [1.29, 1.82) is 0 Å². The minimum absolute atomic E-state index is 0.990. The van der Waals surface area contributed by atoms with Gasteiger partial charge in [0.05, 0.1) is 11.2 Å². The summed E-state index contributed by atoms with van der Waals surface area (Å²) < 4.78 is 2.40. The fraction of sp³-hybridized carbons (Fsp3) is 0.316. The van der Waals surface area contributed by atoms with E-state index < -0.39 is 0 Å². The van der Waals surface area contributed by atoms with Gasteiger partial charge in [-0.05, 0) is 50.8 Å². The maximum absolute atomic E-state index is 4.66. The van der Waals surface area contributed by atoms with E-state index in [9.17, 15) is 0 Å². The molecule has 0 amide bonds. The molecule has 0 radical (unpaired) electrons. The van der Waals surface area contributed by atoms with Crippen LogP contribution in [0.5, 0.6) is 0 Å². The van der Waals surface area contributed by atoms with Gasteiger partial charge in [-0.2, -0.15) is 0 Å². The molecule has 0 saturated heterocycles. The molecule has 2 heterocycles. The van der Waals surface area contributed by atoms with Gasteiger partial charge in [0, 0.05) is 23.8 Å². The van der Waals surface area contributed by atoms with Crippen LogP contribution in [0, 0.1) is 13.8 Å². The van der Waals surface area contributed by atoms with Gasteiger partial charge in [-0.15, -0.1) is 0 Å². The molecule has 0 aliphatic heterocycles. The molecule has 0 spiro atoms. The van der Waals surface area contributed by atoms with Crippen molar-refractivity contribution in [2.24, 2.45) is 0 Å². The highest BCUT2D eigenvalue weighted by atomic mass is 15.0. The second-order valence-electron chi connectivity index (χ2n) is 5.59. The van der Waals surface area contributed by atoms with Crippen LogP contribution in [0.2, 0.25) is 0 Å². The highest BCUT2D eigenvalue weighted by molar-refractivity contribution is 5.86. The summed E-state index contributed by atoms with van der Waals surface area (Å²) in [7, 11) is 0. The van der Waals surface area contributed by atoms with Gasteiger partial charge in [0.2, 0.25) is 0 Å². The molecule has 0 atom stereocenters. The summed E-state index contributed by atoms with van der Waals surface area (Å²) in [4.78, 5) is 4.66. The zero-order valence-corrected chi connectivity index (χ0v) is 13.1. The quantitative estimate of drug-likeness (QED) is 0.689. The maximum Gasteiger partial charge on any atom is 0.0704 e. The highest BCUT2D eigenvalue weighted by Gasteiger charge is 2.13. The smallest absolute Gasteiger partial charge is 0.0704 e. The molecule has 2 heteroatoms. The normalized spacial score (nSPS) is 11.2. The van der Waals surface area contributed by atoms with Crippen LogP contribution < -0.4 is 0 Å². The van der Waals surface area contributed by atoms with Gasteiger partial charge in [0.25, 0.3) is 0 Å². The molecule has 21 heavy (non-hydrogen) atoms. The van der Waals surface area contributed by atoms with Crippen LogP contribution in [-0.2, 0) is 19.4 Å². The Morgan fingerprint density at radius 2 is 1.76 bits per heavy atom. The number of fused-ring (bicyclic) bond motifs is 1. The Bertz CT molecular complexity index is 754. The van der Waals surface area contributed by atoms with E-state index in [4.69, 9.17) is 0 Å². The van der Waals surface area contributed by atoms with E-state index >= 15 is 0 Å². The molecule has 0 N–H and O–H groups in total. The molecule has 0 aliphatic carbocycles. The summed E-state index contributed by atoms with van der Waals surface area (Å²) in [5, 5.41) is 1.35. The monoisotopic (exact) mass is 278 g/mol. The van der Waals surface area contributed by atoms with E-state index in [1.165, 1.54) is 33.4 Å². The average Bonchev–Trinajstić information content (AvgIpc) is 2.78. The Labute approximate surface area is 126 Å². The Morgan fingerprint density at radius 1 is 1.00 bits per heavy atom. The summed E-state index contributed by atoms with van der Waals surface area (Å²) in [6.07, 6.45) is 3.99. The standard InChI is InChI=1S/C19H22N2/c1-4-21-15(3)14(2)17-12-13-20-18(19(17)21)11-10-16-8-6-5-7-9-16/h5-9,12-13H,4,10-11H2,1-3H3. The zero-order valence-electron chi connectivity index (χ0n) is 13.1. The third-order valence-electron chi connectivity index (χ3n) is 4.43. The van der Waals surface area contributed by atoms with E-state index in [2.05, 4.69) is 66.7 Å². The predicted molar refractivity (Wildman–Crippen MR) is 88.7 cm³/mol. The number of benzene rings is 1. The highest BCUT2D eigenvalue weighted by Crippen LogP contribution is 2.27. The number of hydrogen-bond donors (Lipinski definition) is 0. The minimum Gasteiger partial charge on any atom is -0.343 e. The first kappa shape index (κ1) is 13.9. The number of aromatic nitrogens is 2. The van der Waals surface area contributed by atoms with E-state index in [0.717, 1.165) is 19.4 Å². The lowest BCUT2D eigenvalue weighted by Crippen LogP contribution is -2.02. The first-order valence-electron chi connectivity index (χ1n) is 7.69. The molecule has 0 fully saturated rings. The number of nitrogens with zero attached hydrogens (tertiary/aromatic N) is 2. The fourth-order valence-electron chi connectivity index (χ4n) is 3.15. The fourth-order valence-corrected chi connectivity index (χ4v) is 3.15. The Hall–Kier alpha value is -2.09. The van der Waals surface area contributed by atoms with Crippen LogP contribution in [0.1, 0.15) is 29.4 Å². The molecule has 3 rings (SSSR count). The molecule has 0 saturated carbocycles. The molecule has 2 nitrogen and oxygen atoms in total. The van der Waals surface area contributed by atoms with Crippen molar-refractivity contribution >= 4 is 10.9 Å². The topological polar surface area (TPSA) is 17.8 Å². The van der Waals surface area contributed by atoms with Crippen LogP contribution in [-0.4, -0.2) is 9.55 Å². The lowest BCUT2D eigenvalue weighted by molar-refractivity contribution is 0.756. The third kappa shape index (κ3) is 2.46. The van der Waals surface area contributed by atoms with Gasteiger partial charge < -0.3 is 4.57 Å². The summed E-state index contributed by atoms with van der Waals surface area (Å²) >= 11 is 0. The van der Waals surface area contributed by atoms with Crippen molar-refractivity contribution in [3.8, 4) is 0 Å². The Kier molecular flexibility index (Phi) is 3.78. The second-order valence-corrected chi connectivity index (χ2v) is 5.59. The average molecular weight is 278 g/mol. The van der Waals surface area contributed by atoms with Gasteiger partial charge in [-0.25, -0.2) is 0 Å². The molecule has 0 unspecified atom stereocenters. The molecule has 2 aromatic heterocycles. The minimum atomic E-state index is 0.990. The van der Waals surface area contributed by atoms with Gasteiger partial charge in [-0.3, -0.25) is 4.98 Å². The lowest BCUT2D eigenvalue weighted by Gasteiger charge is -2.08. The van der Waals surface area contributed by atoms with Gasteiger partial charge >= 0.3 is 0 Å². The van der Waals surface area contributed by atoms with Crippen LogP contribution in [0.3, 0.4) is 0 Å². The second kappa shape index (κ2) is 5.72. The van der Waals surface area contributed by atoms with Gasteiger partial charge in [0.15, 0.2) is 0 Å². The summed E-state index contributed by atoms with van der Waals surface area (Å²) in [5.74, 6) is 0. The van der Waals surface area contributed by atoms with Gasteiger partial charge in [0.1, 0.15) is 0 Å². The van der Waals surface area contributed by atoms with E-state index in [-0.39, 0.29) is 0 Å². The van der Waals surface area contributed by atoms with E-state index in [1.807, 2.05) is 6.20 Å².